The molecule has 1 N–H and O–H groups in total. The minimum Gasteiger partial charge on any atom is -0.296 e. The number of thiazole rings is 1. The zero-order valence-corrected chi connectivity index (χ0v) is 17.6. The van der Waals surface area contributed by atoms with E-state index >= 15 is 0 Å². The lowest BCUT2D eigenvalue weighted by atomic mass is 10.1. The van der Waals surface area contributed by atoms with Gasteiger partial charge in [0.2, 0.25) is 0 Å². The van der Waals surface area contributed by atoms with E-state index in [4.69, 9.17) is 0 Å². The molecule has 0 saturated carbocycles. The molecule has 5 rings (SSSR count). The largest absolute Gasteiger partial charge is 0.296 e. The van der Waals surface area contributed by atoms with Crippen LogP contribution in [0.1, 0.15) is 10.5 Å². The van der Waals surface area contributed by atoms with Crippen molar-refractivity contribution in [3.05, 3.63) is 106 Å². The average Bonchev–Trinajstić information content (AvgIpc) is 3.29. The summed E-state index contributed by atoms with van der Waals surface area (Å²) >= 11 is 1.06. The Morgan fingerprint density at radius 3 is 2.45 bits per heavy atom. The van der Waals surface area contributed by atoms with Crippen LogP contribution in [0, 0.1) is 11.6 Å². The third-order valence-electron chi connectivity index (χ3n) is 4.95. The van der Waals surface area contributed by atoms with Gasteiger partial charge in [0.05, 0.1) is 16.8 Å². The topological polar surface area (TPSA) is 76.9 Å². The first-order valence-electron chi connectivity index (χ1n) is 9.81. The van der Waals surface area contributed by atoms with Crippen LogP contribution in [0.5, 0.6) is 0 Å². The summed E-state index contributed by atoms with van der Waals surface area (Å²) in [6.45, 7) is 0. The summed E-state index contributed by atoms with van der Waals surface area (Å²) in [6, 6.07) is 18.5. The predicted octanol–water partition coefficient (Wildman–Crippen LogP) is 5.04. The molecule has 33 heavy (non-hydrogen) atoms. The minimum absolute atomic E-state index is 0.00653. The second kappa shape index (κ2) is 8.36. The smallest absolute Gasteiger partial charge is 0.279 e. The fourth-order valence-electron chi connectivity index (χ4n) is 3.41. The normalized spacial score (nSPS) is 11.0. The van der Waals surface area contributed by atoms with E-state index < -0.39 is 17.5 Å². The molecule has 5 aromatic rings. The Morgan fingerprint density at radius 2 is 1.67 bits per heavy atom. The fraction of sp³-hybridized carbons (Fsp3) is 0. The highest BCUT2D eigenvalue weighted by Gasteiger charge is 2.19. The number of nitrogens with one attached hydrogen (secondary N) is 1. The van der Waals surface area contributed by atoms with Crippen molar-refractivity contribution in [1.82, 2.24) is 14.8 Å². The molecule has 6 nitrogen and oxygen atoms in total. The van der Waals surface area contributed by atoms with Gasteiger partial charge in [-0.25, -0.2) is 13.8 Å². The molecule has 1 amide bonds. The molecule has 0 aliphatic heterocycles. The van der Waals surface area contributed by atoms with Gasteiger partial charge in [-0.1, -0.05) is 36.4 Å². The number of anilines is 1. The number of carbonyl (C=O) groups is 1. The number of rotatable bonds is 4. The van der Waals surface area contributed by atoms with Crippen LogP contribution in [0.3, 0.4) is 0 Å². The van der Waals surface area contributed by atoms with Crippen molar-refractivity contribution in [2.75, 3.05) is 5.32 Å². The van der Waals surface area contributed by atoms with Crippen LogP contribution in [-0.4, -0.2) is 20.7 Å². The van der Waals surface area contributed by atoms with Crippen LogP contribution in [0.4, 0.5) is 13.9 Å². The first-order chi connectivity index (χ1) is 16.0. The van der Waals surface area contributed by atoms with Crippen molar-refractivity contribution in [2.24, 2.45) is 0 Å². The molecule has 0 aliphatic carbocycles. The highest BCUT2D eigenvalue weighted by Crippen LogP contribution is 2.28. The number of halogens is 2. The van der Waals surface area contributed by atoms with Crippen LogP contribution < -0.4 is 10.9 Å². The quantitative estimate of drug-likeness (QED) is 0.408. The second-order valence-corrected chi connectivity index (χ2v) is 7.92. The van der Waals surface area contributed by atoms with Crippen LogP contribution >= 0.6 is 11.3 Å². The highest BCUT2D eigenvalue weighted by molar-refractivity contribution is 7.14. The zero-order chi connectivity index (χ0) is 22.9. The summed E-state index contributed by atoms with van der Waals surface area (Å²) in [5, 5.41) is 9.39. The lowest BCUT2D eigenvalue weighted by Gasteiger charge is -2.10. The van der Waals surface area contributed by atoms with Gasteiger partial charge in [0.1, 0.15) is 11.6 Å². The number of benzene rings is 3. The average molecular weight is 460 g/mol. The maximum atomic E-state index is 14.1. The van der Waals surface area contributed by atoms with E-state index in [0.29, 0.717) is 16.5 Å². The molecule has 0 bridgehead atoms. The van der Waals surface area contributed by atoms with Crippen molar-refractivity contribution in [2.45, 2.75) is 0 Å². The van der Waals surface area contributed by atoms with E-state index in [1.165, 1.54) is 10.1 Å². The first kappa shape index (κ1) is 20.7. The Balaban J connectivity index is 1.54. The van der Waals surface area contributed by atoms with Crippen molar-refractivity contribution in [3.8, 4) is 16.9 Å². The summed E-state index contributed by atoms with van der Waals surface area (Å²) in [6.07, 6.45) is 0. The number of hydrogen-bond donors (Lipinski definition) is 1. The molecule has 2 heterocycles. The Kier molecular flexibility index (Phi) is 5.23. The van der Waals surface area contributed by atoms with Crippen LogP contribution in [0.25, 0.3) is 27.7 Å². The lowest BCUT2D eigenvalue weighted by Crippen LogP contribution is -2.26. The molecule has 162 valence electrons. The number of hydrogen-bond acceptors (Lipinski definition) is 5. The first-order valence-corrected chi connectivity index (χ1v) is 10.7. The molecule has 0 saturated heterocycles. The van der Waals surface area contributed by atoms with E-state index in [-0.39, 0.29) is 27.6 Å². The second-order valence-electron chi connectivity index (χ2n) is 7.06. The van der Waals surface area contributed by atoms with Crippen molar-refractivity contribution in [1.29, 1.82) is 0 Å². The monoisotopic (exact) mass is 460 g/mol. The molecule has 0 atom stereocenters. The van der Waals surface area contributed by atoms with Gasteiger partial charge in [0.25, 0.3) is 11.5 Å². The fourth-order valence-corrected chi connectivity index (χ4v) is 4.11. The van der Waals surface area contributed by atoms with Gasteiger partial charge >= 0.3 is 0 Å². The van der Waals surface area contributed by atoms with Crippen LogP contribution in [-0.2, 0) is 0 Å². The Labute approximate surface area is 189 Å². The van der Waals surface area contributed by atoms with Gasteiger partial charge < -0.3 is 0 Å². The molecule has 2 aromatic heterocycles. The maximum Gasteiger partial charge on any atom is 0.279 e. The minimum atomic E-state index is -0.623. The summed E-state index contributed by atoms with van der Waals surface area (Å²) < 4.78 is 28.8. The third kappa shape index (κ3) is 3.90. The lowest BCUT2D eigenvalue weighted by molar-refractivity contribution is 0.102. The van der Waals surface area contributed by atoms with Crippen molar-refractivity contribution in [3.63, 3.8) is 0 Å². The third-order valence-corrected chi connectivity index (χ3v) is 5.71. The van der Waals surface area contributed by atoms with Crippen LogP contribution in [0.15, 0.2) is 83.0 Å². The zero-order valence-electron chi connectivity index (χ0n) is 16.8. The molecular formula is C24H14F2N4O2S. The van der Waals surface area contributed by atoms with Gasteiger partial charge in [-0.2, -0.15) is 9.78 Å². The SMILES string of the molecule is O=C(Nc1nc(-c2cc(F)ccc2F)cs1)c1nn(-c2ccccc2)c(=O)c2ccccc12. The maximum absolute atomic E-state index is 14.1. The molecule has 9 heteroatoms. The van der Waals surface area contributed by atoms with Gasteiger partial charge in [-0.05, 0) is 36.4 Å². The number of fused-ring (bicyclic) bond motifs is 1. The van der Waals surface area contributed by atoms with Gasteiger partial charge in [-0.3, -0.25) is 14.9 Å². The molecule has 3 aromatic carbocycles. The molecule has 0 aliphatic rings. The van der Waals surface area contributed by atoms with Crippen LogP contribution in [0.2, 0.25) is 0 Å². The van der Waals surface area contributed by atoms with E-state index in [0.717, 1.165) is 29.5 Å². The highest BCUT2D eigenvalue weighted by atomic mass is 32.1. The Hall–Kier alpha value is -4.24. The number of amides is 1. The van der Waals surface area contributed by atoms with E-state index in [2.05, 4.69) is 15.4 Å². The van der Waals surface area contributed by atoms with Crippen molar-refractivity contribution < 1.29 is 13.6 Å². The summed E-state index contributed by atoms with van der Waals surface area (Å²) in [5.41, 5.74) is 0.377. The molecule has 0 spiro atoms. The standard InChI is InChI=1S/C24H14F2N4O2S/c25-14-10-11-19(26)18(12-14)20-13-33-24(27-20)28-22(31)21-16-8-4-5-9-17(16)23(32)30(29-21)15-6-2-1-3-7-15/h1-13H,(H,27,28,31). The predicted molar refractivity (Wildman–Crippen MR) is 123 cm³/mol. The number of para-hydroxylation sites is 1. The van der Waals surface area contributed by atoms with E-state index in [9.17, 15) is 18.4 Å². The molecule has 0 radical (unpaired) electrons. The van der Waals surface area contributed by atoms with Gasteiger partial charge in [-0.15, -0.1) is 11.3 Å². The summed E-state index contributed by atoms with van der Waals surface area (Å²) in [4.78, 5) is 30.3. The van der Waals surface area contributed by atoms with Gasteiger partial charge in [0.15, 0.2) is 10.8 Å². The number of nitrogens with zero attached hydrogens (tertiary/aromatic N) is 3. The Bertz CT molecular complexity index is 1560. The molecular weight excluding hydrogens is 446 g/mol. The number of carbonyl (C=O) groups excluding carboxylic acids is 1. The molecule has 0 fully saturated rings. The molecule has 0 unspecified atom stereocenters. The van der Waals surface area contributed by atoms with E-state index in [1.807, 2.05) is 6.07 Å². The van der Waals surface area contributed by atoms with Crippen molar-refractivity contribution >= 4 is 33.1 Å². The summed E-state index contributed by atoms with van der Waals surface area (Å²) in [5.74, 6) is -1.80. The van der Waals surface area contributed by atoms with E-state index in [1.54, 1.807) is 48.5 Å². The number of aromatic nitrogens is 3. The van der Waals surface area contributed by atoms with Gasteiger partial charge in [0, 0.05) is 16.3 Å². The summed E-state index contributed by atoms with van der Waals surface area (Å²) in [7, 11) is 0. The Morgan fingerprint density at radius 1 is 0.939 bits per heavy atom.